The van der Waals surface area contributed by atoms with Crippen molar-refractivity contribution in [1.82, 2.24) is 0 Å². The number of sulfone groups is 1. The molecule has 0 amide bonds. The summed E-state index contributed by atoms with van der Waals surface area (Å²) in [7, 11) is -2.05. The summed E-state index contributed by atoms with van der Waals surface area (Å²) in [5, 5.41) is 8.35. The van der Waals surface area contributed by atoms with Gasteiger partial charge in [-0.25, -0.2) is 8.42 Å². The van der Waals surface area contributed by atoms with Gasteiger partial charge in [-0.3, -0.25) is 4.79 Å². The van der Waals surface area contributed by atoms with E-state index in [0.717, 1.165) is 0 Å². The molecule has 0 saturated heterocycles. The zero-order valence-electron chi connectivity index (χ0n) is 7.26. The number of carboxylic acids is 1. The molecular formula is C6H13NO5S. The Morgan fingerprint density at radius 1 is 1.62 bits per heavy atom. The number of aliphatic carboxylic acids is 1. The molecule has 0 aliphatic rings. The zero-order chi connectivity index (χ0) is 10.5. The van der Waals surface area contributed by atoms with Crippen LogP contribution in [0.2, 0.25) is 0 Å². The molecule has 3 N–H and O–H groups in total. The molecule has 0 heterocycles. The van der Waals surface area contributed by atoms with E-state index in [1.807, 2.05) is 0 Å². The van der Waals surface area contributed by atoms with Crippen LogP contribution in [0.3, 0.4) is 0 Å². The molecule has 0 aliphatic heterocycles. The highest BCUT2D eigenvalue weighted by molar-refractivity contribution is 7.91. The van der Waals surface area contributed by atoms with Gasteiger partial charge in [0.15, 0.2) is 9.84 Å². The van der Waals surface area contributed by atoms with Crippen molar-refractivity contribution in [2.75, 3.05) is 25.2 Å². The van der Waals surface area contributed by atoms with Crippen LogP contribution in [0.1, 0.15) is 0 Å². The van der Waals surface area contributed by atoms with Gasteiger partial charge in [-0.2, -0.15) is 0 Å². The first-order chi connectivity index (χ1) is 5.89. The Bertz CT molecular complexity index is 260. The van der Waals surface area contributed by atoms with Crippen LogP contribution in [0.4, 0.5) is 0 Å². The number of carbonyl (C=O) groups is 1. The molecule has 0 saturated carbocycles. The summed E-state index contributed by atoms with van der Waals surface area (Å²) in [6.45, 7) is 0.0503. The van der Waals surface area contributed by atoms with E-state index in [1.165, 1.54) is 7.11 Å². The average Bonchev–Trinajstić information content (AvgIpc) is 2.00. The lowest BCUT2D eigenvalue weighted by molar-refractivity contribution is -0.137. The van der Waals surface area contributed by atoms with Gasteiger partial charge in [0.2, 0.25) is 0 Å². The molecule has 0 bridgehead atoms. The Labute approximate surface area is 76.6 Å². The molecule has 0 aliphatic carbocycles. The minimum absolute atomic E-state index is 0.0503. The first-order valence-corrected chi connectivity index (χ1v) is 5.39. The zero-order valence-corrected chi connectivity index (χ0v) is 8.08. The van der Waals surface area contributed by atoms with Crippen molar-refractivity contribution in [3.8, 4) is 0 Å². The van der Waals surface area contributed by atoms with Gasteiger partial charge in [0.25, 0.3) is 0 Å². The Balaban J connectivity index is 4.10. The van der Waals surface area contributed by atoms with Gasteiger partial charge < -0.3 is 15.6 Å². The van der Waals surface area contributed by atoms with Crippen LogP contribution in [0.15, 0.2) is 0 Å². The molecule has 78 valence electrons. The van der Waals surface area contributed by atoms with E-state index in [-0.39, 0.29) is 12.4 Å². The lowest BCUT2D eigenvalue weighted by atomic mass is 10.4. The second-order valence-corrected chi connectivity index (χ2v) is 4.78. The average molecular weight is 211 g/mol. The summed E-state index contributed by atoms with van der Waals surface area (Å²) in [6, 6.07) is -1.36. The van der Waals surface area contributed by atoms with Gasteiger partial charge in [0.1, 0.15) is 6.04 Å². The summed E-state index contributed by atoms with van der Waals surface area (Å²) in [5.74, 6) is -2.07. The normalized spacial score (nSPS) is 14.0. The Morgan fingerprint density at radius 2 is 2.15 bits per heavy atom. The molecule has 0 aromatic rings. The quantitative estimate of drug-likeness (QED) is 0.551. The van der Waals surface area contributed by atoms with Crippen molar-refractivity contribution in [2.45, 2.75) is 6.04 Å². The van der Waals surface area contributed by atoms with Gasteiger partial charge in [-0.05, 0) is 0 Å². The third kappa shape index (κ3) is 5.56. The highest BCUT2D eigenvalue weighted by atomic mass is 32.2. The monoisotopic (exact) mass is 211 g/mol. The van der Waals surface area contributed by atoms with Gasteiger partial charge in [0.05, 0.1) is 18.1 Å². The maximum absolute atomic E-state index is 11.1. The van der Waals surface area contributed by atoms with Crippen LogP contribution in [0.5, 0.6) is 0 Å². The second-order valence-electron chi connectivity index (χ2n) is 2.55. The fraction of sp³-hybridized carbons (Fsp3) is 0.833. The highest BCUT2D eigenvalue weighted by Crippen LogP contribution is 1.93. The third-order valence-electron chi connectivity index (χ3n) is 1.35. The maximum atomic E-state index is 11.1. The van der Waals surface area contributed by atoms with Crippen LogP contribution >= 0.6 is 0 Å². The van der Waals surface area contributed by atoms with Crippen molar-refractivity contribution >= 4 is 15.8 Å². The fourth-order valence-electron chi connectivity index (χ4n) is 0.638. The molecule has 0 rings (SSSR count). The smallest absolute Gasteiger partial charge is 0.321 e. The van der Waals surface area contributed by atoms with Crippen molar-refractivity contribution in [3.05, 3.63) is 0 Å². The summed E-state index contributed by atoms with van der Waals surface area (Å²) < 4.78 is 26.7. The molecule has 0 spiro atoms. The standard InChI is InChI=1S/C6H13NO5S/c1-12-2-3-13(10,11)4-5(7)6(8)9/h5H,2-4,7H2,1H3,(H,8,9). The van der Waals surface area contributed by atoms with E-state index in [0.29, 0.717) is 0 Å². The van der Waals surface area contributed by atoms with E-state index >= 15 is 0 Å². The lowest BCUT2D eigenvalue weighted by Crippen LogP contribution is -2.38. The van der Waals surface area contributed by atoms with E-state index in [1.54, 1.807) is 0 Å². The Kier molecular flexibility index (Phi) is 4.89. The van der Waals surface area contributed by atoms with Gasteiger partial charge >= 0.3 is 5.97 Å². The van der Waals surface area contributed by atoms with Gasteiger partial charge in [0, 0.05) is 7.11 Å². The number of carboxylic acid groups (broad SMARTS) is 1. The molecular weight excluding hydrogens is 198 g/mol. The molecule has 1 unspecified atom stereocenters. The van der Waals surface area contributed by atoms with Crippen LogP contribution < -0.4 is 5.73 Å². The molecule has 13 heavy (non-hydrogen) atoms. The molecule has 0 fully saturated rings. The first-order valence-electron chi connectivity index (χ1n) is 3.57. The number of hydrogen-bond donors (Lipinski definition) is 2. The summed E-state index contributed by atoms with van der Waals surface area (Å²) in [5.41, 5.74) is 5.05. The molecule has 0 aromatic heterocycles. The minimum atomic E-state index is -3.42. The number of methoxy groups -OCH3 is 1. The predicted molar refractivity (Wildman–Crippen MR) is 46.1 cm³/mol. The van der Waals surface area contributed by atoms with Crippen molar-refractivity contribution < 1.29 is 23.1 Å². The van der Waals surface area contributed by atoms with Crippen molar-refractivity contribution in [1.29, 1.82) is 0 Å². The van der Waals surface area contributed by atoms with Crippen molar-refractivity contribution in [2.24, 2.45) is 5.73 Å². The number of hydrogen-bond acceptors (Lipinski definition) is 5. The van der Waals surface area contributed by atoms with E-state index < -0.39 is 27.6 Å². The largest absolute Gasteiger partial charge is 0.480 e. The fourth-order valence-corrected chi connectivity index (χ4v) is 1.92. The first kappa shape index (κ1) is 12.3. The predicted octanol–water partition coefficient (Wildman–Crippen LogP) is -1.54. The number of rotatable bonds is 6. The van der Waals surface area contributed by atoms with Crippen LogP contribution in [-0.4, -0.2) is 50.8 Å². The lowest BCUT2D eigenvalue weighted by Gasteiger charge is -2.06. The molecule has 7 heteroatoms. The van der Waals surface area contributed by atoms with E-state index in [9.17, 15) is 13.2 Å². The second kappa shape index (κ2) is 5.15. The van der Waals surface area contributed by atoms with Crippen LogP contribution in [0.25, 0.3) is 0 Å². The van der Waals surface area contributed by atoms with Crippen molar-refractivity contribution in [3.63, 3.8) is 0 Å². The Hall–Kier alpha value is -0.660. The summed E-state index contributed by atoms with van der Waals surface area (Å²) >= 11 is 0. The summed E-state index contributed by atoms with van der Waals surface area (Å²) in [6.07, 6.45) is 0. The summed E-state index contributed by atoms with van der Waals surface area (Å²) in [4.78, 5) is 10.2. The molecule has 1 atom stereocenters. The van der Waals surface area contributed by atoms with Crippen LogP contribution in [-0.2, 0) is 19.4 Å². The molecule has 0 aromatic carbocycles. The molecule has 0 radical (unpaired) electrons. The van der Waals surface area contributed by atoms with E-state index in [2.05, 4.69) is 4.74 Å². The number of ether oxygens (including phenoxy) is 1. The highest BCUT2D eigenvalue weighted by Gasteiger charge is 2.20. The third-order valence-corrected chi connectivity index (χ3v) is 3.00. The van der Waals surface area contributed by atoms with E-state index in [4.69, 9.17) is 10.8 Å². The maximum Gasteiger partial charge on any atom is 0.321 e. The Morgan fingerprint density at radius 3 is 2.54 bits per heavy atom. The topological polar surface area (TPSA) is 107 Å². The van der Waals surface area contributed by atoms with Crippen LogP contribution in [0, 0.1) is 0 Å². The molecule has 6 nitrogen and oxygen atoms in total. The SMILES string of the molecule is COCCS(=O)(=O)CC(N)C(=O)O. The minimum Gasteiger partial charge on any atom is -0.480 e. The number of nitrogens with two attached hydrogens (primary N) is 1. The van der Waals surface area contributed by atoms with Gasteiger partial charge in [-0.15, -0.1) is 0 Å². The van der Waals surface area contributed by atoms with Gasteiger partial charge in [-0.1, -0.05) is 0 Å².